The van der Waals surface area contributed by atoms with Crippen molar-refractivity contribution in [3.63, 3.8) is 0 Å². The second kappa shape index (κ2) is 5.60. The average molecular weight is 252 g/mol. The van der Waals surface area contributed by atoms with E-state index >= 15 is 0 Å². The predicted molar refractivity (Wildman–Crippen MR) is 74.4 cm³/mol. The molecular weight excluding hydrogens is 224 g/mol. The van der Waals surface area contributed by atoms with Gasteiger partial charge in [0, 0.05) is 32.6 Å². The van der Waals surface area contributed by atoms with Crippen LogP contribution in [-0.2, 0) is 4.79 Å². The molecule has 2 saturated heterocycles. The molecule has 2 heterocycles. The minimum atomic E-state index is 0.334. The fourth-order valence-corrected chi connectivity index (χ4v) is 3.27. The molecule has 0 aromatic carbocycles. The smallest absolute Gasteiger partial charge is 0.222 e. The number of carbonyl (C=O) groups is 1. The number of carbonyl (C=O) groups excluding carboxylic acids is 1. The Morgan fingerprint density at radius 3 is 2.33 bits per heavy atom. The average Bonchev–Trinajstić information content (AvgIpc) is 2.33. The second-order valence-corrected chi connectivity index (χ2v) is 6.63. The molecule has 2 aliphatic rings. The van der Waals surface area contributed by atoms with Gasteiger partial charge in [0.2, 0.25) is 5.91 Å². The Morgan fingerprint density at radius 2 is 1.83 bits per heavy atom. The zero-order valence-corrected chi connectivity index (χ0v) is 12.2. The number of nitrogens with zero attached hydrogens (tertiary/aromatic N) is 2. The summed E-state index contributed by atoms with van der Waals surface area (Å²) in [4.78, 5) is 16.3. The van der Waals surface area contributed by atoms with Crippen molar-refractivity contribution in [3.05, 3.63) is 0 Å². The van der Waals surface area contributed by atoms with Crippen LogP contribution in [0.25, 0.3) is 0 Å². The Labute approximate surface area is 112 Å². The van der Waals surface area contributed by atoms with Crippen molar-refractivity contribution in [1.82, 2.24) is 9.80 Å². The molecule has 0 aromatic heterocycles. The van der Waals surface area contributed by atoms with Crippen LogP contribution in [0.5, 0.6) is 0 Å². The molecule has 104 valence electrons. The normalized spacial score (nSPS) is 23.4. The zero-order chi connectivity index (χ0) is 13.2. The van der Waals surface area contributed by atoms with Gasteiger partial charge in [-0.1, -0.05) is 20.8 Å². The molecule has 0 N–H and O–H groups in total. The molecule has 0 aromatic rings. The first-order chi connectivity index (χ1) is 8.54. The molecule has 1 spiro atoms. The molecule has 18 heavy (non-hydrogen) atoms. The molecule has 0 aliphatic carbocycles. The highest BCUT2D eigenvalue weighted by Gasteiger charge is 2.44. The van der Waals surface area contributed by atoms with Crippen LogP contribution in [0.2, 0.25) is 0 Å². The summed E-state index contributed by atoms with van der Waals surface area (Å²) in [5, 5.41) is 0. The Hall–Kier alpha value is -0.570. The van der Waals surface area contributed by atoms with E-state index in [1.807, 2.05) is 6.92 Å². The van der Waals surface area contributed by atoms with Crippen LogP contribution in [0.1, 0.15) is 46.5 Å². The zero-order valence-electron chi connectivity index (χ0n) is 12.2. The fraction of sp³-hybridized carbons (Fsp3) is 0.933. The van der Waals surface area contributed by atoms with Gasteiger partial charge in [-0.3, -0.25) is 4.79 Å². The molecule has 2 aliphatic heterocycles. The van der Waals surface area contributed by atoms with Crippen molar-refractivity contribution in [2.45, 2.75) is 46.5 Å². The second-order valence-electron chi connectivity index (χ2n) is 6.63. The van der Waals surface area contributed by atoms with Crippen LogP contribution in [0.3, 0.4) is 0 Å². The third-order valence-corrected chi connectivity index (χ3v) is 4.62. The van der Waals surface area contributed by atoms with Gasteiger partial charge in [0.05, 0.1) is 0 Å². The summed E-state index contributed by atoms with van der Waals surface area (Å²) in [5.74, 6) is 1.14. The van der Waals surface area contributed by atoms with Crippen LogP contribution >= 0.6 is 0 Å². The highest BCUT2D eigenvalue weighted by atomic mass is 16.2. The Morgan fingerprint density at radius 1 is 1.22 bits per heavy atom. The van der Waals surface area contributed by atoms with Crippen molar-refractivity contribution >= 4 is 5.91 Å². The lowest BCUT2D eigenvalue weighted by molar-refractivity contribution is -0.136. The van der Waals surface area contributed by atoms with E-state index in [0.29, 0.717) is 17.7 Å². The quantitative estimate of drug-likeness (QED) is 0.767. The van der Waals surface area contributed by atoms with E-state index in [9.17, 15) is 4.79 Å². The Kier molecular flexibility index (Phi) is 4.31. The fourth-order valence-electron chi connectivity index (χ4n) is 3.27. The minimum Gasteiger partial charge on any atom is -0.343 e. The Balaban J connectivity index is 1.70. The SMILES string of the molecule is CCC(=O)N1CCC2(CC1)CN(CCC(C)C)C2. The monoisotopic (exact) mass is 252 g/mol. The number of amides is 1. The van der Waals surface area contributed by atoms with Gasteiger partial charge >= 0.3 is 0 Å². The highest BCUT2D eigenvalue weighted by Crippen LogP contribution is 2.40. The summed E-state index contributed by atoms with van der Waals surface area (Å²) >= 11 is 0. The van der Waals surface area contributed by atoms with Gasteiger partial charge in [-0.25, -0.2) is 0 Å². The van der Waals surface area contributed by atoms with Crippen LogP contribution in [0.15, 0.2) is 0 Å². The number of hydrogen-bond donors (Lipinski definition) is 0. The van der Waals surface area contributed by atoms with Crippen LogP contribution in [0, 0.1) is 11.3 Å². The molecule has 3 nitrogen and oxygen atoms in total. The molecule has 0 atom stereocenters. The summed E-state index contributed by atoms with van der Waals surface area (Å²) < 4.78 is 0. The van der Waals surface area contributed by atoms with Crippen molar-refractivity contribution in [3.8, 4) is 0 Å². The maximum Gasteiger partial charge on any atom is 0.222 e. The summed E-state index contributed by atoms with van der Waals surface area (Å²) in [6, 6.07) is 0. The predicted octanol–water partition coefficient (Wildman–Crippen LogP) is 2.37. The molecule has 2 fully saturated rings. The van der Waals surface area contributed by atoms with Crippen molar-refractivity contribution in [1.29, 1.82) is 0 Å². The lowest BCUT2D eigenvalue weighted by Gasteiger charge is -2.54. The van der Waals surface area contributed by atoms with Gasteiger partial charge in [0.15, 0.2) is 0 Å². The standard InChI is InChI=1S/C15H28N2O/c1-4-14(18)17-9-6-15(7-10-17)11-16(12-15)8-5-13(2)3/h13H,4-12H2,1-3H3. The number of hydrogen-bond acceptors (Lipinski definition) is 2. The molecule has 0 unspecified atom stereocenters. The van der Waals surface area contributed by atoms with Crippen LogP contribution in [0.4, 0.5) is 0 Å². The van der Waals surface area contributed by atoms with E-state index in [1.54, 1.807) is 0 Å². The topological polar surface area (TPSA) is 23.6 Å². The first kappa shape index (κ1) is 13.9. The molecule has 1 amide bonds. The van der Waals surface area contributed by atoms with Crippen LogP contribution in [-0.4, -0.2) is 48.4 Å². The van der Waals surface area contributed by atoms with Crippen molar-refractivity contribution < 1.29 is 4.79 Å². The van der Waals surface area contributed by atoms with Gasteiger partial charge in [-0.05, 0) is 37.1 Å². The summed E-state index contributed by atoms with van der Waals surface area (Å²) in [7, 11) is 0. The van der Waals surface area contributed by atoms with Gasteiger partial charge < -0.3 is 9.80 Å². The maximum atomic E-state index is 11.6. The van der Waals surface area contributed by atoms with E-state index < -0.39 is 0 Å². The lowest BCUT2D eigenvalue weighted by Crippen LogP contribution is -2.60. The molecule has 0 bridgehead atoms. The summed E-state index contributed by atoms with van der Waals surface area (Å²) in [5.41, 5.74) is 0.557. The number of piperidine rings is 1. The number of likely N-dealkylation sites (tertiary alicyclic amines) is 2. The third-order valence-electron chi connectivity index (χ3n) is 4.62. The highest BCUT2D eigenvalue weighted by molar-refractivity contribution is 5.75. The largest absolute Gasteiger partial charge is 0.343 e. The van der Waals surface area contributed by atoms with Gasteiger partial charge in [0.25, 0.3) is 0 Å². The maximum absolute atomic E-state index is 11.6. The van der Waals surface area contributed by atoms with Gasteiger partial charge in [-0.15, -0.1) is 0 Å². The van der Waals surface area contributed by atoms with E-state index in [-0.39, 0.29) is 0 Å². The van der Waals surface area contributed by atoms with Gasteiger partial charge in [0.1, 0.15) is 0 Å². The van der Waals surface area contributed by atoms with Gasteiger partial charge in [-0.2, -0.15) is 0 Å². The molecule has 3 heteroatoms. The van der Waals surface area contributed by atoms with Crippen molar-refractivity contribution in [2.75, 3.05) is 32.7 Å². The molecule has 0 saturated carbocycles. The third kappa shape index (κ3) is 3.05. The molecular formula is C15H28N2O. The van der Waals surface area contributed by atoms with Crippen LogP contribution < -0.4 is 0 Å². The van der Waals surface area contributed by atoms with E-state index in [4.69, 9.17) is 0 Å². The molecule has 0 radical (unpaired) electrons. The molecule has 2 rings (SSSR count). The van der Waals surface area contributed by atoms with E-state index in [0.717, 1.165) is 19.0 Å². The summed E-state index contributed by atoms with van der Waals surface area (Å²) in [6.45, 7) is 12.3. The minimum absolute atomic E-state index is 0.334. The summed E-state index contributed by atoms with van der Waals surface area (Å²) in [6.07, 6.45) is 4.41. The first-order valence-electron chi connectivity index (χ1n) is 7.55. The Bertz CT molecular complexity index is 285. The number of rotatable bonds is 4. The lowest BCUT2D eigenvalue weighted by atomic mass is 9.72. The van der Waals surface area contributed by atoms with Crippen molar-refractivity contribution in [2.24, 2.45) is 11.3 Å². The van der Waals surface area contributed by atoms with E-state index in [1.165, 1.54) is 38.9 Å². The van der Waals surface area contributed by atoms with E-state index in [2.05, 4.69) is 23.6 Å². The first-order valence-corrected chi connectivity index (χ1v) is 7.55.